The summed E-state index contributed by atoms with van der Waals surface area (Å²) in [6, 6.07) is 3.84. The number of piperidine rings is 1. The highest BCUT2D eigenvalue weighted by Gasteiger charge is 2.19. The molecule has 0 radical (unpaired) electrons. The largest absolute Gasteiger partial charge is 0.330 e. The van der Waals surface area contributed by atoms with Crippen molar-refractivity contribution in [2.75, 3.05) is 19.6 Å². The average Bonchev–Trinajstić information content (AvgIpc) is 2.41. The van der Waals surface area contributed by atoms with Gasteiger partial charge in [0.15, 0.2) is 0 Å². The second-order valence-corrected chi connectivity index (χ2v) is 4.99. The number of rotatable bonds is 4. The third-order valence-corrected chi connectivity index (χ3v) is 3.68. The molecule has 0 aliphatic carbocycles. The first-order valence-electron chi connectivity index (χ1n) is 6.45. The van der Waals surface area contributed by atoms with E-state index < -0.39 is 10.7 Å². The van der Waals surface area contributed by atoms with Gasteiger partial charge in [-0.3, -0.25) is 15.0 Å². The van der Waals surface area contributed by atoms with Crippen molar-refractivity contribution >= 4 is 5.69 Å². The monoisotopic (exact) mass is 267 g/mol. The quantitative estimate of drug-likeness (QED) is 0.668. The van der Waals surface area contributed by atoms with E-state index >= 15 is 0 Å². The smallest absolute Gasteiger partial charge is 0.272 e. The van der Waals surface area contributed by atoms with Gasteiger partial charge < -0.3 is 5.73 Å². The molecule has 0 unspecified atom stereocenters. The fourth-order valence-electron chi connectivity index (χ4n) is 2.40. The third kappa shape index (κ3) is 3.48. The van der Waals surface area contributed by atoms with Gasteiger partial charge in [-0.25, -0.2) is 4.39 Å². The first-order valence-corrected chi connectivity index (χ1v) is 6.45. The van der Waals surface area contributed by atoms with Gasteiger partial charge in [0.1, 0.15) is 5.82 Å². The Morgan fingerprint density at radius 2 is 2.11 bits per heavy atom. The Morgan fingerprint density at radius 1 is 1.42 bits per heavy atom. The highest BCUT2D eigenvalue weighted by Crippen LogP contribution is 2.21. The van der Waals surface area contributed by atoms with Crippen LogP contribution in [0.5, 0.6) is 0 Å². The molecule has 5 nitrogen and oxygen atoms in total. The zero-order valence-electron chi connectivity index (χ0n) is 10.7. The van der Waals surface area contributed by atoms with Crippen molar-refractivity contribution in [1.29, 1.82) is 0 Å². The molecule has 0 atom stereocenters. The summed E-state index contributed by atoms with van der Waals surface area (Å²) in [7, 11) is 0. The summed E-state index contributed by atoms with van der Waals surface area (Å²) < 4.78 is 13.8. The lowest BCUT2D eigenvalue weighted by molar-refractivity contribution is -0.385. The van der Waals surface area contributed by atoms with E-state index in [1.54, 1.807) is 0 Å². The molecule has 1 aromatic rings. The van der Waals surface area contributed by atoms with E-state index in [-0.39, 0.29) is 5.69 Å². The summed E-state index contributed by atoms with van der Waals surface area (Å²) in [6.07, 6.45) is 2.07. The molecule has 0 amide bonds. The Morgan fingerprint density at radius 3 is 2.63 bits per heavy atom. The zero-order chi connectivity index (χ0) is 13.8. The zero-order valence-corrected chi connectivity index (χ0v) is 10.7. The molecule has 1 aliphatic rings. The molecule has 6 heteroatoms. The van der Waals surface area contributed by atoms with E-state index in [1.165, 1.54) is 12.1 Å². The van der Waals surface area contributed by atoms with Crippen molar-refractivity contribution in [3.05, 3.63) is 39.7 Å². The van der Waals surface area contributed by atoms with Crippen LogP contribution in [0.4, 0.5) is 10.1 Å². The van der Waals surface area contributed by atoms with Crippen LogP contribution >= 0.6 is 0 Å². The molecular weight excluding hydrogens is 249 g/mol. The third-order valence-electron chi connectivity index (χ3n) is 3.68. The van der Waals surface area contributed by atoms with Gasteiger partial charge in [0.25, 0.3) is 5.69 Å². The molecule has 0 saturated carbocycles. The lowest BCUT2D eigenvalue weighted by Crippen LogP contribution is -2.35. The number of non-ortho nitro benzene ring substituents is 1. The first-order chi connectivity index (χ1) is 9.10. The Balaban J connectivity index is 1.98. The van der Waals surface area contributed by atoms with E-state index in [9.17, 15) is 14.5 Å². The lowest BCUT2D eigenvalue weighted by atomic mass is 9.97. The summed E-state index contributed by atoms with van der Waals surface area (Å²) in [5.74, 6) is 0.0631. The second kappa shape index (κ2) is 6.08. The number of nitrogens with zero attached hydrogens (tertiary/aromatic N) is 2. The summed E-state index contributed by atoms with van der Waals surface area (Å²) in [6.45, 7) is 3.01. The number of benzene rings is 1. The molecule has 1 saturated heterocycles. The van der Waals surface area contributed by atoms with E-state index in [0.29, 0.717) is 24.6 Å². The van der Waals surface area contributed by atoms with Crippen molar-refractivity contribution in [2.45, 2.75) is 19.4 Å². The van der Waals surface area contributed by atoms with Gasteiger partial charge in [-0.2, -0.15) is 0 Å². The van der Waals surface area contributed by atoms with Crippen LogP contribution < -0.4 is 5.73 Å². The van der Waals surface area contributed by atoms with Gasteiger partial charge in [-0.15, -0.1) is 0 Å². The molecule has 0 spiro atoms. The van der Waals surface area contributed by atoms with Crippen molar-refractivity contribution in [3.63, 3.8) is 0 Å². The molecule has 19 heavy (non-hydrogen) atoms. The molecule has 0 aromatic heterocycles. The Labute approximate surface area is 111 Å². The number of hydrogen-bond acceptors (Lipinski definition) is 4. The van der Waals surface area contributed by atoms with Gasteiger partial charge >= 0.3 is 0 Å². The number of halogens is 1. The summed E-state index contributed by atoms with van der Waals surface area (Å²) in [4.78, 5) is 12.1. The van der Waals surface area contributed by atoms with Gasteiger partial charge in [-0.05, 0) is 44.5 Å². The van der Waals surface area contributed by atoms with E-state index in [4.69, 9.17) is 5.73 Å². The molecule has 104 valence electrons. The Hall–Kier alpha value is -1.53. The SMILES string of the molecule is NCC1CCN(Cc2ccc([N+](=O)[O-])cc2F)CC1. The molecule has 2 rings (SSSR count). The van der Waals surface area contributed by atoms with Crippen molar-refractivity contribution in [3.8, 4) is 0 Å². The van der Waals surface area contributed by atoms with Crippen LogP contribution in [-0.4, -0.2) is 29.5 Å². The van der Waals surface area contributed by atoms with Gasteiger partial charge in [0, 0.05) is 18.2 Å². The molecule has 0 bridgehead atoms. The minimum Gasteiger partial charge on any atom is -0.330 e. The minimum absolute atomic E-state index is 0.205. The number of nitro benzene ring substituents is 1. The number of likely N-dealkylation sites (tertiary alicyclic amines) is 1. The standard InChI is InChI=1S/C13H18FN3O2/c14-13-7-12(17(18)19)2-1-11(13)9-16-5-3-10(8-15)4-6-16/h1-2,7,10H,3-6,8-9,15H2. The average molecular weight is 267 g/mol. The maximum absolute atomic E-state index is 13.8. The predicted octanol–water partition coefficient (Wildman–Crippen LogP) is 1.90. The molecule has 2 N–H and O–H groups in total. The van der Waals surface area contributed by atoms with Gasteiger partial charge in [0.2, 0.25) is 0 Å². The summed E-state index contributed by atoms with van der Waals surface area (Å²) in [5.41, 5.74) is 5.93. The Bertz CT molecular complexity index is 459. The minimum atomic E-state index is -0.584. The number of nitro groups is 1. The van der Waals surface area contributed by atoms with Crippen LogP contribution in [0.2, 0.25) is 0 Å². The Kier molecular flexibility index (Phi) is 4.44. The van der Waals surface area contributed by atoms with E-state index in [1.807, 2.05) is 0 Å². The molecular formula is C13H18FN3O2. The topological polar surface area (TPSA) is 72.4 Å². The maximum atomic E-state index is 13.8. The highest BCUT2D eigenvalue weighted by atomic mass is 19.1. The number of nitrogens with two attached hydrogens (primary N) is 1. The van der Waals surface area contributed by atoms with Crippen molar-refractivity contribution < 1.29 is 9.31 Å². The van der Waals surface area contributed by atoms with Crippen LogP contribution in [-0.2, 0) is 6.54 Å². The van der Waals surface area contributed by atoms with Gasteiger partial charge in [0.05, 0.1) is 11.0 Å². The maximum Gasteiger partial charge on any atom is 0.272 e. The molecule has 1 aromatic carbocycles. The lowest BCUT2D eigenvalue weighted by Gasteiger charge is -2.31. The van der Waals surface area contributed by atoms with E-state index in [2.05, 4.69) is 4.90 Å². The summed E-state index contributed by atoms with van der Waals surface area (Å²) in [5, 5.41) is 10.5. The number of hydrogen-bond donors (Lipinski definition) is 1. The van der Waals surface area contributed by atoms with Crippen LogP contribution in [0.15, 0.2) is 18.2 Å². The first kappa shape index (κ1) is 13.9. The molecule has 1 aliphatic heterocycles. The van der Waals surface area contributed by atoms with Crippen molar-refractivity contribution in [1.82, 2.24) is 4.90 Å². The molecule has 1 heterocycles. The fraction of sp³-hybridized carbons (Fsp3) is 0.538. The fourth-order valence-corrected chi connectivity index (χ4v) is 2.40. The van der Waals surface area contributed by atoms with Crippen LogP contribution in [0.25, 0.3) is 0 Å². The molecule has 1 fully saturated rings. The van der Waals surface area contributed by atoms with E-state index in [0.717, 1.165) is 32.0 Å². The summed E-state index contributed by atoms with van der Waals surface area (Å²) >= 11 is 0. The normalized spacial score (nSPS) is 17.6. The highest BCUT2D eigenvalue weighted by molar-refractivity contribution is 5.34. The predicted molar refractivity (Wildman–Crippen MR) is 70.1 cm³/mol. The second-order valence-electron chi connectivity index (χ2n) is 4.99. The van der Waals surface area contributed by atoms with Crippen LogP contribution in [0.1, 0.15) is 18.4 Å². The van der Waals surface area contributed by atoms with Crippen molar-refractivity contribution in [2.24, 2.45) is 11.7 Å². The van der Waals surface area contributed by atoms with Crippen LogP contribution in [0.3, 0.4) is 0 Å². The van der Waals surface area contributed by atoms with Crippen LogP contribution in [0, 0.1) is 21.8 Å². The van der Waals surface area contributed by atoms with Gasteiger partial charge in [-0.1, -0.05) is 0 Å².